The highest BCUT2D eigenvalue weighted by Crippen LogP contribution is 2.33. The molecular weight excluding hydrogens is 753 g/mol. The highest BCUT2D eigenvalue weighted by molar-refractivity contribution is 6.00. The van der Waals surface area contributed by atoms with Gasteiger partial charge in [-0.2, -0.15) is 0 Å². The Hall–Kier alpha value is -7.56. The van der Waals surface area contributed by atoms with Crippen LogP contribution in [0.4, 0.5) is 0 Å². The molecule has 0 unspecified atom stereocenters. The van der Waals surface area contributed by atoms with Gasteiger partial charge in [-0.05, 0) is 109 Å². The minimum Gasteiger partial charge on any atom is -0.248 e. The van der Waals surface area contributed by atoms with Crippen LogP contribution in [0.25, 0.3) is 87.2 Å². The van der Waals surface area contributed by atoms with Gasteiger partial charge >= 0.3 is 0 Å². The Morgan fingerprint density at radius 2 is 0.339 bits per heavy atom. The number of nitrogens with zero attached hydrogens (tertiary/aromatic N) is 4. The third kappa shape index (κ3) is 7.04. The molecule has 62 heavy (non-hydrogen) atoms. The number of para-hydroxylation sites is 8. The second kappa shape index (κ2) is 16.5. The predicted octanol–water partition coefficient (Wildman–Crippen LogP) is 14.5. The average Bonchev–Trinajstić information content (AvgIpc) is 3.33. The maximum atomic E-state index is 4.88. The van der Waals surface area contributed by atoms with Gasteiger partial charge in [-0.1, -0.05) is 146 Å². The predicted molar refractivity (Wildman–Crippen MR) is 261 cm³/mol. The van der Waals surface area contributed by atoms with Gasteiger partial charge < -0.3 is 0 Å². The molecule has 4 nitrogen and oxygen atoms in total. The van der Waals surface area contributed by atoms with E-state index in [1.165, 1.54) is 65.3 Å². The zero-order valence-electron chi connectivity index (χ0n) is 34.5. The minimum absolute atomic E-state index is 1.02. The van der Waals surface area contributed by atoms with Gasteiger partial charge in [-0.15, -0.1) is 0 Å². The molecule has 0 bridgehead atoms. The fraction of sp³-hybridized carbons (Fsp3) is 0.103. The third-order valence-electron chi connectivity index (χ3n) is 12.5. The zero-order valence-corrected chi connectivity index (χ0v) is 34.5. The molecular formula is C58H44N4. The molecule has 0 saturated carbocycles. The normalized spacial score (nSPS) is 11.6. The maximum Gasteiger partial charge on any atom is 0.0712 e. The van der Waals surface area contributed by atoms with Crippen molar-refractivity contribution < 1.29 is 0 Å². The van der Waals surface area contributed by atoms with E-state index < -0.39 is 0 Å². The highest BCUT2D eigenvalue weighted by atomic mass is 14.7. The average molecular weight is 797 g/mol. The van der Waals surface area contributed by atoms with Crippen LogP contribution in [0.5, 0.6) is 0 Å². The van der Waals surface area contributed by atoms with Crippen molar-refractivity contribution in [3.63, 3.8) is 0 Å². The van der Waals surface area contributed by atoms with Gasteiger partial charge in [0.1, 0.15) is 0 Å². The van der Waals surface area contributed by atoms with Gasteiger partial charge in [0.05, 0.1) is 44.1 Å². The van der Waals surface area contributed by atoms with Crippen molar-refractivity contribution in [1.82, 2.24) is 19.9 Å². The summed E-state index contributed by atoms with van der Waals surface area (Å²) in [6.45, 7) is 0. The number of fused-ring (bicyclic) bond motifs is 8. The van der Waals surface area contributed by atoms with E-state index in [1.807, 2.05) is 0 Å². The third-order valence-corrected chi connectivity index (χ3v) is 12.5. The lowest BCUT2D eigenvalue weighted by atomic mass is 9.94. The molecule has 0 radical (unpaired) electrons. The Balaban J connectivity index is 0.000000139. The zero-order chi connectivity index (χ0) is 41.2. The van der Waals surface area contributed by atoms with Gasteiger partial charge in [0, 0.05) is 43.1 Å². The second-order valence-corrected chi connectivity index (χ2v) is 16.2. The van der Waals surface area contributed by atoms with E-state index in [0.717, 1.165) is 82.7 Å². The van der Waals surface area contributed by atoms with Crippen molar-refractivity contribution >= 4 is 87.2 Å². The van der Waals surface area contributed by atoms with E-state index in [-0.39, 0.29) is 0 Å². The fourth-order valence-electron chi connectivity index (χ4n) is 9.67. The van der Waals surface area contributed by atoms with Gasteiger partial charge in [0.2, 0.25) is 0 Å². The largest absolute Gasteiger partial charge is 0.248 e. The van der Waals surface area contributed by atoms with Crippen molar-refractivity contribution in [3.8, 4) is 0 Å². The lowest BCUT2D eigenvalue weighted by Gasteiger charge is -2.13. The van der Waals surface area contributed by atoms with Crippen LogP contribution in [0.1, 0.15) is 35.1 Å². The van der Waals surface area contributed by atoms with Crippen molar-refractivity contribution in [3.05, 3.63) is 216 Å². The lowest BCUT2D eigenvalue weighted by Crippen LogP contribution is -1.97. The first-order valence-electron chi connectivity index (χ1n) is 21.8. The summed E-state index contributed by atoms with van der Waals surface area (Å²) in [4.78, 5) is 19.5. The van der Waals surface area contributed by atoms with E-state index in [4.69, 9.17) is 19.9 Å². The Bertz CT molecular complexity index is 2920. The first kappa shape index (κ1) is 37.4. The van der Waals surface area contributed by atoms with Crippen molar-refractivity contribution in [2.75, 3.05) is 0 Å². The highest BCUT2D eigenvalue weighted by Gasteiger charge is 2.14. The number of rotatable bonds is 8. The SMILES string of the molecule is c1ccc2c(CCCc3c4ccccc4nc4ccccc34)c3ccccc3nc2c1.c1ccc2c(CCCc3c4ccccc4nc4ccccc34)c3ccccc3nc2c1. The number of hydrogen-bond acceptors (Lipinski definition) is 4. The topological polar surface area (TPSA) is 51.6 Å². The van der Waals surface area contributed by atoms with Crippen molar-refractivity contribution in [2.45, 2.75) is 38.5 Å². The molecule has 0 spiro atoms. The molecule has 4 heterocycles. The Morgan fingerprint density at radius 1 is 0.194 bits per heavy atom. The molecule has 8 aromatic carbocycles. The molecule has 0 aliphatic heterocycles. The van der Waals surface area contributed by atoms with E-state index in [2.05, 4.69) is 194 Å². The van der Waals surface area contributed by atoms with E-state index >= 15 is 0 Å². The molecule has 0 amide bonds. The smallest absolute Gasteiger partial charge is 0.0712 e. The van der Waals surface area contributed by atoms with Gasteiger partial charge in [-0.25, -0.2) is 19.9 Å². The van der Waals surface area contributed by atoms with Gasteiger partial charge in [0.25, 0.3) is 0 Å². The molecule has 0 saturated heterocycles. The Kier molecular flexibility index (Phi) is 9.95. The van der Waals surface area contributed by atoms with Crippen LogP contribution in [-0.4, -0.2) is 19.9 Å². The molecule has 0 aliphatic carbocycles. The molecule has 0 atom stereocenters. The summed E-state index contributed by atoms with van der Waals surface area (Å²) < 4.78 is 0. The maximum absolute atomic E-state index is 4.88. The summed E-state index contributed by atoms with van der Waals surface area (Å²) in [6, 6.07) is 68.2. The Labute approximate surface area is 360 Å². The van der Waals surface area contributed by atoms with E-state index in [0.29, 0.717) is 0 Å². The summed E-state index contributed by atoms with van der Waals surface area (Å²) in [6.07, 6.45) is 6.25. The quantitative estimate of drug-likeness (QED) is 0.144. The van der Waals surface area contributed by atoms with Crippen LogP contribution in [0.3, 0.4) is 0 Å². The summed E-state index contributed by atoms with van der Waals surface area (Å²) in [5.41, 5.74) is 14.3. The van der Waals surface area contributed by atoms with Crippen LogP contribution in [0.15, 0.2) is 194 Å². The molecule has 4 aromatic heterocycles. The fourth-order valence-corrected chi connectivity index (χ4v) is 9.67. The summed E-state index contributed by atoms with van der Waals surface area (Å²) in [5, 5.41) is 10.2. The first-order chi connectivity index (χ1) is 30.8. The van der Waals surface area contributed by atoms with Crippen LogP contribution >= 0.6 is 0 Å². The van der Waals surface area contributed by atoms with Crippen LogP contribution in [0.2, 0.25) is 0 Å². The number of pyridine rings is 4. The van der Waals surface area contributed by atoms with Gasteiger partial charge in [0.15, 0.2) is 0 Å². The molecule has 0 N–H and O–H groups in total. The van der Waals surface area contributed by atoms with Crippen molar-refractivity contribution in [2.24, 2.45) is 0 Å². The van der Waals surface area contributed by atoms with Crippen LogP contribution in [0, 0.1) is 0 Å². The standard InChI is InChI=1S/2C29H22N2/c2*1-5-16-26-22(10-1)20(23-11-2-6-17-27(23)30-26)14-9-15-21-24-12-3-7-18-28(24)31-29-19-8-4-13-25(21)29/h2*1-8,10-13,16-19H,9,14-15H2. The molecule has 0 aliphatic rings. The summed E-state index contributed by atoms with van der Waals surface area (Å²) in [7, 11) is 0. The molecule has 4 heteroatoms. The minimum atomic E-state index is 1.02. The van der Waals surface area contributed by atoms with Crippen LogP contribution < -0.4 is 0 Å². The van der Waals surface area contributed by atoms with Crippen LogP contribution in [-0.2, 0) is 25.7 Å². The number of aromatic nitrogens is 4. The van der Waals surface area contributed by atoms with Crippen molar-refractivity contribution in [1.29, 1.82) is 0 Å². The van der Waals surface area contributed by atoms with E-state index in [9.17, 15) is 0 Å². The second-order valence-electron chi connectivity index (χ2n) is 16.2. The number of hydrogen-bond donors (Lipinski definition) is 0. The first-order valence-corrected chi connectivity index (χ1v) is 21.8. The van der Waals surface area contributed by atoms with Gasteiger partial charge in [-0.3, -0.25) is 0 Å². The monoisotopic (exact) mass is 796 g/mol. The number of aryl methyl sites for hydroxylation is 4. The molecule has 12 rings (SSSR count). The molecule has 296 valence electrons. The molecule has 0 fully saturated rings. The number of benzene rings is 8. The van der Waals surface area contributed by atoms with E-state index in [1.54, 1.807) is 0 Å². The lowest BCUT2D eigenvalue weighted by molar-refractivity contribution is 0.837. The summed E-state index contributed by atoms with van der Waals surface area (Å²) in [5.74, 6) is 0. The summed E-state index contributed by atoms with van der Waals surface area (Å²) >= 11 is 0. The Morgan fingerprint density at radius 3 is 0.500 bits per heavy atom. The molecule has 12 aromatic rings.